The van der Waals surface area contributed by atoms with Crippen molar-refractivity contribution >= 4 is 11.6 Å². The van der Waals surface area contributed by atoms with Crippen molar-refractivity contribution < 1.29 is 9.18 Å². The first-order valence-electron chi connectivity index (χ1n) is 7.41. The third-order valence-electron chi connectivity index (χ3n) is 3.34. The van der Waals surface area contributed by atoms with E-state index in [1.807, 2.05) is 12.1 Å². The van der Waals surface area contributed by atoms with Crippen molar-refractivity contribution in [2.24, 2.45) is 0 Å². The van der Waals surface area contributed by atoms with Crippen LogP contribution >= 0.6 is 0 Å². The Morgan fingerprint density at radius 1 is 1.26 bits per heavy atom. The van der Waals surface area contributed by atoms with Gasteiger partial charge in [0.15, 0.2) is 0 Å². The van der Waals surface area contributed by atoms with E-state index in [1.54, 1.807) is 43.5 Å². The van der Waals surface area contributed by atoms with Crippen LogP contribution in [0.4, 0.5) is 10.1 Å². The van der Waals surface area contributed by atoms with Gasteiger partial charge in [0, 0.05) is 25.5 Å². The predicted molar refractivity (Wildman–Crippen MR) is 88.6 cm³/mol. The van der Waals surface area contributed by atoms with Crippen molar-refractivity contribution in [3.05, 3.63) is 60.2 Å². The zero-order valence-corrected chi connectivity index (χ0v) is 13.3. The number of pyridine rings is 1. The molecule has 0 saturated heterocycles. The molecule has 0 radical (unpaired) electrons. The third-order valence-corrected chi connectivity index (χ3v) is 3.34. The van der Waals surface area contributed by atoms with E-state index in [2.05, 4.69) is 15.6 Å². The molecule has 0 bridgehead atoms. The van der Waals surface area contributed by atoms with Gasteiger partial charge >= 0.3 is 0 Å². The number of amides is 1. The van der Waals surface area contributed by atoms with Crippen molar-refractivity contribution in [3.8, 4) is 0 Å². The lowest BCUT2D eigenvalue weighted by Gasteiger charge is -2.24. The molecular weight excluding hydrogens is 295 g/mol. The Kier molecular flexibility index (Phi) is 6.05. The number of carbonyl (C=O) groups excluding carboxylic acids is 1. The lowest BCUT2D eigenvalue weighted by molar-refractivity contribution is -0.125. The molecule has 2 rings (SSSR count). The van der Waals surface area contributed by atoms with Gasteiger partial charge in [-0.3, -0.25) is 14.7 Å². The molecule has 2 N–H and O–H groups in total. The Morgan fingerprint density at radius 3 is 2.74 bits per heavy atom. The van der Waals surface area contributed by atoms with Crippen LogP contribution in [0.15, 0.2) is 48.8 Å². The lowest BCUT2D eigenvalue weighted by Crippen LogP contribution is -2.39. The molecule has 1 aromatic heterocycles. The average Bonchev–Trinajstić information content (AvgIpc) is 2.52. The van der Waals surface area contributed by atoms with Gasteiger partial charge in [-0.1, -0.05) is 12.1 Å². The maximum Gasteiger partial charge on any atom is 0.242 e. The molecule has 0 spiro atoms. The minimum Gasteiger partial charge on any atom is -0.382 e. The molecule has 0 fully saturated rings. The Balaban J connectivity index is 1.89. The average molecular weight is 316 g/mol. The molecule has 0 saturated carbocycles. The fourth-order valence-corrected chi connectivity index (χ4v) is 2.32. The summed E-state index contributed by atoms with van der Waals surface area (Å²) in [5.74, 6) is -0.506. The van der Waals surface area contributed by atoms with Crippen LogP contribution in [0.1, 0.15) is 11.6 Å². The van der Waals surface area contributed by atoms with E-state index >= 15 is 0 Å². The van der Waals surface area contributed by atoms with Crippen LogP contribution in [0.3, 0.4) is 0 Å². The number of hydrogen-bond donors (Lipinski definition) is 2. The van der Waals surface area contributed by atoms with Crippen LogP contribution in [0, 0.1) is 5.82 Å². The molecule has 5 nitrogen and oxygen atoms in total. The topological polar surface area (TPSA) is 57.3 Å². The Bertz CT molecular complexity index is 634. The lowest BCUT2D eigenvalue weighted by atomic mass is 10.1. The molecule has 0 aliphatic rings. The number of nitrogens with zero attached hydrogens (tertiary/aromatic N) is 2. The van der Waals surface area contributed by atoms with Crippen LogP contribution in [-0.2, 0) is 4.79 Å². The van der Waals surface area contributed by atoms with Gasteiger partial charge in [-0.15, -0.1) is 0 Å². The van der Waals surface area contributed by atoms with Crippen molar-refractivity contribution in [2.75, 3.05) is 32.5 Å². The molecule has 0 aliphatic heterocycles. The number of likely N-dealkylation sites (N-methyl/N-ethyl adjacent to an activating group) is 1. The number of nitrogens with one attached hydrogen (secondary N) is 2. The molecule has 23 heavy (non-hydrogen) atoms. The first kappa shape index (κ1) is 16.9. The highest BCUT2D eigenvalue weighted by molar-refractivity contribution is 5.83. The van der Waals surface area contributed by atoms with Crippen molar-refractivity contribution in [1.82, 2.24) is 15.2 Å². The first-order chi connectivity index (χ1) is 11.1. The number of rotatable bonds is 7. The van der Waals surface area contributed by atoms with Gasteiger partial charge < -0.3 is 10.6 Å². The number of halogens is 1. The van der Waals surface area contributed by atoms with Gasteiger partial charge in [-0.2, -0.15) is 0 Å². The quantitative estimate of drug-likeness (QED) is 0.768. The summed E-state index contributed by atoms with van der Waals surface area (Å²) >= 11 is 0. The van der Waals surface area contributed by atoms with Gasteiger partial charge in [-0.05, 0) is 43.9 Å². The van der Waals surface area contributed by atoms with Crippen molar-refractivity contribution in [2.45, 2.75) is 6.04 Å². The van der Waals surface area contributed by atoms with Crippen molar-refractivity contribution in [1.29, 1.82) is 0 Å². The molecule has 122 valence electrons. The zero-order chi connectivity index (χ0) is 16.7. The van der Waals surface area contributed by atoms with E-state index in [1.165, 1.54) is 12.1 Å². The molecule has 1 atom stereocenters. The third kappa shape index (κ3) is 5.03. The maximum atomic E-state index is 13.4. The second-order valence-corrected chi connectivity index (χ2v) is 5.38. The first-order valence-corrected chi connectivity index (χ1v) is 7.41. The van der Waals surface area contributed by atoms with E-state index in [9.17, 15) is 9.18 Å². The zero-order valence-electron chi connectivity index (χ0n) is 13.3. The molecule has 1 unspecified atom stereocenters. The number of aromatic nitrogens is 1. The monoisotopic (exact) mass is 316 g/mol. The SMILES string of the molecule is CN(C)C(C(=O)NCCNc1cccnc1)c1cccc(F)c1. The molecule has 2 aromatic rings. The fourth-order valence-electron chi connectivity index (χ4n) is 2.32. The van der Waals surface area contributed by atoms with Gasteiger partial charge in [0.1, 0.15) is 11.9 Å². The summed E-state index contributed by atoms with van der Waals surface area (Å²) in [6.45, 7) is 1.05. The van der Waals surface area contributed by atoms with Gasteiger partial charge in [-0.25, -0.2) is 4.39 Å². The molecule has 6 heteroatoms. The second kappa shape index (κ2) is 8.24. The summed E-state index contributed by atoms with van der Waals surface area (Å²) in [7, 11) is 3.59. The normalized spacial score (nSPS) is 12.0. The van der Waals surface area contributed by atoms with Gasteiger partial charge in [0.05, 0.1) is 5.69 Å². The van der Waals surface area contributed by atoms with Crippen LogP contribution in [0.25, 0.3) is 0 Å². The van der Waals surface area contributed by atoms with Crippen LogP contribution in [0.5, 0.6) is 0 Å². The molecule has 1 aromatic carbocycles. The minimum atomic E-state index is -0.524. The number of benzene rings is 1. The molecule has 1 heterocycles. The van der Waals surface area contributed by atoms with Crippen molar-refractivity contribution in [3.63, 3.8) is 0 Å². The smallest absolute Gasteiger partial charge is 0.242 e. The Labute approximate surface area is 135 Å². The molecule has 1 amide bonds. The van der Waals surface area contributed by atoms with Crippen LogP contribution in [-0.4, -0.2) is 43.0 Å². The van der Waals surface area contributed by atoms with E-state index in [4.69, 9.17) is 0 Å². The van der Waals surface area contributed by atoms with Gasteiger partial charge in [0.25, 0.3) is 0 Å². The van der Waals surface area contributed by atoms with E-state index < -0.39 is 6.04 Å². The summed E-state index contributed by atoms with van der Waals surface area (Å²) in [6, 6.07) is 9.34. The highest BCUT2D eigenvalue weighted by Gasteiger charge is 2.22. The van der Waals surface area contributed by atoms with Gasteiger partial charge in [0.2, 0.25) is 5.91 Å². The second-order valence-electron chi connectivity index (χ2n) is 5.38. The highest BCUT2D eigenvalue weighted by atomic mass is 19.1. The van der Waals surface area contributed by atoms with E-state index in [0.29, 0.717) is 18.7 Å². The number of anilines is 1. The molecular formula is C17H21FN4O. The maximum absolute atomic E-state index is 13.4. The van der Waals surface area contributed by atoms with Crippen LogP contribution < -0.4 is 10.6 Å². The van der Waals surface area contributed by atoms with Crippen LogP contribution in [0.2, 0.25) is 0 Å². The number of carbonyl (C=O) groups is 1. The molecule has 0 aliphatic carbocycles. The summed E-state index contributed by atoms with van der Waals surface area (Å²) in [4.78, 5) is 18.2. The highest BCUT2D eigenvalue weighted by Crippen LogP contribution is 2.19. The van der Waals surface area contributed by atoms with E-state index in [0.717, 1.165) is 5.69 Å². The van der Waals surface area contributed by atoms with E-state index in [-0.39, 0.29) is 11.7 Å². The minimum absolute atomic E-state index is 0.159. The predicted octanol–water partition coefficient (Wildman–Crippen LogP) is 2.05. The summed E-state index contributed by atoms with van der Waals surface area (Å²) in [6.07, 6.45) is 3.42. The summed E-state index contributed by atoms with van der Waals surface area (Å²) < 4.78 is 13.4. The Hall–Kier alpha value is -2.47. The number of hydrogen-bond acceptors (Lipinski definition) is 4. The standard InChI is InChI=1S/C17H21FN4O/c1-22(2)16(13-5-3-6-14(18)11-13)17(23)21-10-9-20-15-7-4-8-19-12-15/h3-8,11-12,16,20H,9-10H2,1-2H3,(H,21,23). The Morgan fingerprint density at radius 2 is 2.09 bits per heavy atom. The summed E-state index contributed by atoms with van der Waals surface area (Å²) in [5, 5.41) is 6.03. The largest absolute Gasteiger partial charge is 0.382 e. The summed E-state index contributed by atoms with van der Waals surface area (Å²) in [5.41, 5.74) is 1.53. The fraction of sp³-hybridized carbons (Fsp3) is 0.294.